The van der Waals surface area contributed by atoms with Crippen LogP contribution >= 0.6 is 0 Å². The number of carbonyl (C=O) groups excluding carboxylic acids is 2. The van der Waals surface area contributed by atoms with Crippen LogP contribution in [-0.4, -0.2) is 215 Å². The number of aliphatic hydroxyl groups is 11. The second kappa shape index (κ2) is 63.5. The molecular weight excluding hydrogens is 1380 g/mol. The number of rotatable bonds is 70. The van der Waals surface area contributed by atoms with E-state index in [0.29, 0.717) is 12.8 Å². The molecule has 18 unspecified atom stereocenters. The van der Waals surface area contributed by atoms with Gasteiger partial charge in [0.05, 0.1) is 50.7 Å². The third kappa shape index (κ3) is 42.5. The van der Waals surface area contributed by atoms with Crippen LogP contribution in [0.3, 0.4) is 0 Å². The number of carboxylic acids is 1. The molecule has 0 aromatic heterocycles. The van der Waals surface area contributed by atoms with Crippen molar-refractivity contribution >= 4 is 17.8 Å². The first-order chi connectivity index (χ1) is 52.4. The topological polar surface area (TPSA) is 373 Å². The first-order valence-electron chi connectivity index (χ1n) is 43.7. The molecule has 3 aliphatic heterocycles. The van der Waals surface area contributed by atoms with Crippen LogP contribution in [-0.2, 0) is 42.8 Å². The van der Waals surface area contributed by atoms with Crippen molar-refractivity contribution in [1.82, 2.24) is 10.6 Å². The van der Waals surface area contributed by atoms with Crippen molar-refractivity contribution in [3.8, 4) is 0 Å². The van der Waals surface area contributed by atoms with Gasteiger partial charge in [0.25, 0.3) is 5.79 Å². The maximum Gasteiger partial charge on any atom is 0.364 e. The summed E-state index contributed by atoms with van der Waals surface area (Å²) in [5.74, 6) is -6.13. The lowest BCUT2D eigenvalue weighted by Crippen LogP contribution is -2.70. The van der Waals surface area contributed by atoms with Crippen LogP contribution in [0.1, 0.15) is 361 Å². The van der Waals surface area contributed by atoms with E-state index >= 15 is 0 Å². The van der Waals surface area contributed by atoms with Crippen LogP contribution in [0.5, 0.6) is 0 Å². The fraction of sp³-hybridized carbons (Fsp3) is 0.918. The molecule has 108 heavy (non-hydrogen) atoms. The Kier molecular flexibility index (Phi) is 58.5. The van der Waals surface area contributed by atoms with Gasteiger partial charge in [0.15, 0.2) is 12.6 Å². The average Bonchev–Trinajstić information content (AvgIpc) is 0.754. The van der Waals surface area contributed by atoms with E-state index in [1.165, 1.54) is 270 Å². The summed E-state index contributed by atoms with van der Waals surface area (Å²) in [4.78, 5) is 38.7. The number of ether oxygens (including phenoxy) is 6. The van der Waals surface area contributed by atoms with E-state index in [9.17, 15) is 75.7 Å². The minimum absolute atomic E-state index is 0.204. The lowest BCUT2D eigenvalue weighted by atomic mass is 9.88. The number of aliphatic carboxylic acids is 1. The molecule has 18 atom stereocenters. The van der Waals surface area contributed by atoms with Gasteiger partial charge in [-0.15, -0.1) is 0 Å². The highest BCUT2D eigenvalue weighted by Gasteiger charge is 2.60. The van der Waals surface area contributed by atoms with Gasteiger partial charge < -0.3 is 100 Å². The van der Waals surface area contributed by atoms with Gasteiger partial charge in [-0.2, -0.15) is 0 Å². The predicted molar refractivity (Wildman–Crippen MR) is 421 cm³/mol. The Balaban J connectivity index is 1.46. The highest BCUT2D eigenvalue weighted by atomic mass is 16.8. The number of carboxylic acid groups (broad SMARTS) is 1. The van der Waals surface area contributed by atoms with Crippen LogP contribution in [0.2, 0.25) is 0 Å². The maximum atomic E-state index is 13.6. The molecule has 0 saturated carbocycles. The van der Waals surface area contributed by atoms with Crippen LogP contribution in [0.25, 0.3) is 0 Å². The zero-order valence-corrected chi connectivity index (χ0v) is 67.5. The van der Waals surface area contributed by atoms with Gasteiger partial charge in [-0.1, -0.05) is 321 Å². The highest BCUT2D eigenvalue weighted by molar-refractivity contribution is 5.77. The van der Waals surface area contributed by atoms with E-state index in [1.54, 1.807) is 6.08 Å². The second-order valence-electron chi connectivity index (χ2n) is 31.8. The Labute approximate surface area is 651 Å². The predicted octanol–water partition coefficient (Wildman–Crippen LogP) is 13.1. The van der Waals surface area contributed by atoms with Crippen molar-refractivity contribution in [3.63, 3.8) is 0 Å². The third-order valence-electron chi connectivity index (χ3n) is 22.1. The van der Waals surface area contributed by atoms with Crippen LogP contribution < -0.4 is 10.6 Å². The van der Waals surface area contributed by atoms with Crippen molar-refractivity contribution in [2.24, 2.45) is 0 Å². The molecule has 0 radical (unpaired) electrons. The minimum atomic E-state index is -3.08. The molecule has 14 N–H and O–H groups in total. The molecule has 23 heteroatoms. The average molecular weight is 1540 g/mol. The maximum absolute atomic E-state index is 13.6. The Morgan fingerprint density at radius 2 is 0.870 bits per heavy atom. The molecule has 3 saturated heterocycles. The smallest absolute Gasteiger partial charge is 0.364 e. The lowest BCUT2D eigenvalue weighted by Gasteiger charge is -2.50. The van der Waals surface area contributed by atoms with E-state index in [-0.39, 0.29) is 12.3 Å². The fourth-order valence-corrected chi connectivity index (χ4v) is 15.2. The standard InChI is InChI=1S/C85H158N2O21/c1-4-6-8-10-12-14-16-18-20-22-24-26-27-28-29-30-31-32-33-34-35-36-37-39-41-43-45-47-49-51-53-55-57-59-72(95)87-66(67(92)58-56-54-52-50-48-46-44-42-40-38-25-23-21-19-17-15-13-11-9-7-5-2)64-103-82-77(99)76(98)79(71(63-90)105-82)106-83-78(100)81(75(97)70(62-89)104-83)108-85(84(101)102)60-68(93)73(86-65(3)91)80(107-85)74(96)69(94)61-88/h28-29,56,58,66-71,73-83,88-90,92-94,96-100H,4-27,30-55,57,59-64H2,1-3H3,(H,86,91)(H,87,95)(H,101,102)/b29-28-,58-56+. The number of hydrogen-bond donors (Lipinski definition) is 14. The molecule has 0 aromatic carbocycles. The zero-order valence-electron chi connectivity index (χ0n) is 67.5. The monoisotopic (exact) mass is 1540 g/mol. The molecule has 0 aromatic rings. The number of aliphatic hydroxyl groups excluding tert-OH is 11. The van der Waals surface area contributed by atoms with Crippen molar-refractivity contribution in [3.05, 3.63) is 24.3 Å². The summed E-state index contributed by atoms with van der Waals surface area (Å²) in [5.41, 5.74) is 0. The molecule has 2 amide bonds. The SMILES string of the molecule is CCCCCCCCCCCCCC/C=C\CCCCCCCCCCCCCCCCCCCC(=O)NC(COC1OC(CO)C(OC2OC(CO)C(O)C(OC3(C(=O)O)CC(O)C(NC(C)=O)C(C(O)C(O)CO)O3)C2O)C(O)C1O)C(O)/C=C/CCCCCCCCCCCCCCCCCCCCC. The largest absolute Gasteiger partial charge is 0.477 e. The summed E-state index contributed by atoms with van der Waals surface area (Å²) < 4.78 is 35.0. The van der Waals surface area contributed by atoms with Crippen LogP contribution in [0.4, 0.5) is 0 Å². The van der Waals surface area contributed by atoms with Crippen molar-refractivity contribution in [1.29, 1.82) is 0 Å². The molecule has 3 aliphatic rings. The Bertz CT molecular complexity index is 2240. The zero-order chi connectivity index (χ0) is 78.8. The van der Waals surface area contributed by atoms with Gasteiger partial charge in [-0.25, -0.2) is 4.79 Å². The van der Waals surface area contributed by atoms with E-state index in [2.05, 4.69) is 36.6 Å². The van der Waals surface area contributed by atoms with Gasteiger partial charge in [-0.05, 0) is 44.9 Å². The van der Waals surface area contributed by atoms with E-state index in [0.717, 1.165) is 51.9 Å². The number of hydrogen-bond acceptors (Lipinski definition) is 20. The summed E-state index contributed by atoms with van der Waals surface area (Å²) in [6, 6.07) is -2.62. The molecule has 3 fully saturated rings. The first kappa shape index (κ1) is 99.4. The number of carbonyl (C=O) groups is 3. The Morgan fingerprint density at radius 3 is 1.26 bits per heavy atom. The molecule has 3 rings (SSSR count). The number of nitrogens with one attached hydrogen (secondary N) is 2. The van der Waals surface area contributed by atoms with Crippen molar-refractivity contribution in [2.45, 2.75) is 471 Å². The normalized spacial score (nSPS) is 25.9. The molecule has 0 spiro atoms. The van der Waals surface area contributed by atoms with Crippen molar-refractivity contribution < 1.29 is 104 Å². The summed E-state index contributed by atoms with van der Waals surface area (Å²) in [6.07, 6.45) is 43.7. The van der Waals surface area contributed by atoms with Gasteiger partial charge in [0, 0.05) is 19.8 Å². The highest BCUT2D eigenvalue weighted by Crippen LogP contribution is 2.39. The Morgan fingerprint density at radius 1 is 0.481 bits per heavy atom. The summed E-state index contributed by atoms with van der Waals surface area (Å²) >= 11 is 0. The minimum Gasteiger partial charge on any atom is -0.477 e. The molecule has 23 nitrogen and oxygen atoms in total. The van der Waals surface area contributed by atoms with E-state index < -0.39 is 155 Å². The summed E-state index contributed by atoms with van der Waals surface area (Å²) in [7, 11) is 0. The quantitative estimate of drug-likeness (QED) is 0.0199. The molecule has 3 heterocycles. The second-order valence-corrected chi connectivity index (χ2v) is 31.8. The van der Waals surface area contributed by atoms with Gasteiger partial charge in [0.1, 0.15) is 67.1 Å². The number of amides is 2. The van der Waals surface area contributed by atoms with Gasteiger partial charge in [-0.3, -0.25) is 9.59 Å². The lowest BCUT2D eigenvalue weighted by molar-refractivity contribution is -0.386. The molecular formula is C85H158N2O21. The van der Waals surface area contributed by atoms with Crippen molar-refractivity contribution in [2.75, 3.05) is 26.4 Å². The molecule has 634 valence electrons. The third-order valence-corrected chi connectivity index (χ3v) is 22.1. The number of allylic oxidation sites excluding steroid dienone is 3. The first-order valence-corrected chi connectivity index (χ1v) is 43.7. The molecule has 0 aliphatic carbocycles. The van der Waals surface area contributed by atoms with Gasteiger partial charge in [0.2, 0.25) is 11.8 Å². The fourth-order valence-electron chi connectivity index (χ4n) is 15.2. The molecule has 0 bridgehead atoms. The number of unbranched alkanes of at least 4 members (excludes halogenated alkanes) is 48. The Hall–Kier alpha value is -2.79. The van der Waals surface area contributed by atoms with Gasteiger partial charge >= 0.3 is 5.97 Å². The van der Waals surface area contributed by atoms with Crippen LogP contribution in [0.15, 0.2) is 24.3 Å². The van der Waals surface area contributed by atoms with E-state index in [1.807, 2.05) is 6.08 Å². The van der Waals surface area contributed by atoms with Crippen LogP contribution in [0, 0.1) is 0 Å². The van der Waals surface area contributed by atoms with E-state index in [4.69, 9.17) is 28.4 Å². The summed E-state index contributed by atoms with van der Waals surface area (Å²) in [5, 5.41) is 137. The summed E-state index contributed by atoms with van der Waals surface area (Å²) in [6.45, 7) is 2.20.